The Morgan fingerprint density at radius 2 is 1.94 bits per heavy atom. The average Bonchev–Trinajstić information content (AvgIpc) is 2.82. The molecule has 0 saturated carbocycles. The highest BCUT2D eigenvalue weighted by Gasteiger charge is 2.36. The first-order valence-electron chi connectivity index (χ1n) is 10.5. The molecule has 2 N–H and O–H groups in total. The van der Waals surface area contributed by atoms with Crippen LogP contribution >= 0.6 is 23.4 Å². The molecule has 6 nitrogen and oxygen atoms in total. The molecule has 1 amide bonds. The van der Waals surface area contributed by atoms with Gasteiger partial charge in [-0.3, -0.25) is 4.79 Å². The maximum absolute atomic E-state index is 12.9. The van der Waals surface area contributed by atoms with Crippen molar-refractivity contribution in [2.45, 2.75) is 19.8 Å². The molecule has 2 aromatic rings. The second kappa shape index (κ2) is 11.6. The number of halogens is 1. The number of allylic oxidation sites excluding steroid dienone is 2. The molecule has 1 heterocycles. The van der Waals surface area contributed by atoms with E-state index in [0.717, 1.165) is 11.3 Å². The summed E-state index contributed by atoms with van der Waals surface area (Å²) in [5.74, 6) is -1.44. The number of hydrogen-bond acceptors (Lipinski definition) is 6. The van der Waals surface area contributed by atoms with Gasteiger partial charge in [0.25, 0.3) is 0 Å². The van der Waals surface area contributed by atoms with E-state index in [9.17, 15) is 14.9 Å². The van der Waals surface area contributed by atoms with Crippen LogP contribution in [0.3, 0.4) is 0 Å². The third-order valence-electron chi connectivity index (χ3n) is 5.18. The molecule has 1 aliphatic heterocycles. The van der Waals surface area contributed by atoms with Crippen molar-refractivity contribution in [2.75, 3.05) is 17.7 Å². The molecule has 0 fully saturated rings. The minimum absolute atomic E-state index is 0.0388. The lowest BCUT2D eigenvalue weighted by Gasteiger charge is -2.29. The number of nitrogens with zero attached hydrogens (tertiary/aromatic N) is 1. The van der Waals surface area contributed by atoms with Crippen molar-refractivity contribution in [2.24, 2.45) is 0 Å². The summed E-state index contributed by atoms with van der Waals surface area (Å²) in [5, 5.41) is 17.0. The largest absolute Gasteiger partial charge is 0.458 e. The number of nitriles is 1. The number of carbonyl (C=O) groups is 2. The Morgan fingerprint density at radius 1 is 1.24 bits per heavy atom. The number of anilines is 1. The molecule has 0 spiro atoms. The Kier molecular flexibility index (Phi) is 8.58. The first-order valence-corrected chi connectivity index (χ1v) is 11.9. The molecule has 34 heavy (non-hydrogen) atoms. The fourth-order valence-corrected chi connectivity index (χ4v) is 4.70. The molecule has 8 heteroatoms. The van der Waals surface area contributed by atoms with Gasteiger partial charge in [0.2, 0.25) is 5.91 Å². The molecule has 1 aliphatic rings. The molecule has 0 saturated heterocycles. The molecule has 0 aliphatic carbocycles. The summed E-state index contributed by atoms with van der Waals surface area (Å²) in [6.45, 7) is 7.26. The Balaban J connectivity index is 1.93. The van der Waals surface area contributed by atoms with Gasteiger partial charge in [0.1, 0.15) is 6.61 Å². The third kappa shape index (κ3) is 5.71. The molecule has 0 aromatic heterocycles. The van der Waals surface area contributed by atoms with Crippen LogP contribution in [0.5, 0.6) is 0 Å². The van der Waals surface area contributed by atoms with Crippen LogP contribution in [0, 0.1) is 18.3 Å². The molecular weight excluding hydrogens is 470 g/mol. The number of amides is 1. The molecular formula is C26H24ClN3O3S. The lowest BCUT2D eigenvalue weighted by atomic mass is 9.82. The van der Waals surface area contributed by atoms with Crippen molar-refractivity contribution in [1.82, 2.24) is 5.32 Å². The second-order valence-electron chi connectivity index (χ2n) is 7.51. The minimum atomic E-state index is -0.737. The Hall–Kier alpha value is -3.47. The summed E-state index contributed by atoms with van der Waals surface area (Å²) in [7, 11) is 0. The third-order valence-corrected chi connectivity index (χ3v) is 6.54. The summed E-state index contributed by atoms with van der Waals surface area (Å²) in [6, 6.07) is 16.8. The number of benzene rings is 2. The van der Waals surface area contributed by atoms with Gasteiger partial charge in [-0.2, -0.15) is 5.26 Å². The maximum atomic E-state index is 12.9. The van der Waals surface area contributed by atoms with E-state index in [1.165, 1.54) is 17.8 Å². The fourth-order valence-electron chi connectivity index (χ4n) is 3.57. The zero-order valence-corrected chi connectivity index (χ0v) is 20.4. The van der Waals surface area contributed by atoms with Crippen LogP contribution in [-0.4, -0.2) is 24.2 Å². The van der Waals surface area contributed by atoms with Crippen LogP contribution in [0.2, 0.25) is 5.02 Å². The van der Waals surface area contributed by atoms with Crippen LogP contribution in [0.4, 0.5) is 5.69 Å². The molecule has 3 rings (SSSR count). The predicted octanol–water partition coefficient (Wildman–Crippen LogP) is 5.45. The van der Waals surface area contributed by atoms with Crippen LogP contribution in [0.15, 0.2) is 83.1 Å². The maximum Gasteiger partial charge on any atom is 0.337 e. The van der Waals surface area contributed by atoms with E-state index in [2.05, 4.69) is 23.3 Å². The summed E-state index contributed by atoms with van der Waals surface area (Å²) < 4.78 is 5.30. The van der Waals surface area contributed by atoms with Crippen molar-refractivity contribution in [1.29, 1.82) is 5.26 Å². The number of esters is 1. The van der Waals surface area contributed by atoms with E-state index in [1.54, 1.807) is 31.2 Å². The molecule has 1 atom stereocenters. The van der Waals surface area contributed by atoms with Crippen LogP contribution < -0.4 is 10.6 Å². The number of aryl methyl sites for hydroxylation is 1. The zero-order valence-electron chi connectivity index (χ0n) is 18.9. The van der Waals surface area contributed by atoms with Gasteiger partial charge in [-0.05, 0) is 37.1 Å². The SMILES string of the molecule is C=CCOC(=O)C1=C(C)NC(SCC(=O)Nc2ccccc2C)=C(C#N)[C@@H]1c1ccccc1Cl. The smallest absolute Gasteiger partial charge is 0.337 e. The van der Waals surface area contributed by atoms with Gasteiger partial charge in [-0.1, -0.05) is 72.4 Å². The fraction of sp³-hybridized carbons (Fsp3) is 0.192. The van der Waals surface area contributed by atoms with Crippen molar-refractivity contribution < 1.29 is 14.3 Å². The van der Waals surface area contributed by atoms with Gasteiger partial charge in [0.05, 0.1) is 33.9 Å². The van der Waals surface area contributed by atoms with E-state index in [-0.39, 0.29) is 23.8 Å². The number of nitrogens with one attached hydrogen (secondary N) is 2. The van der Waals surface area contributed by atoms with Gasteiger partial charge in [0, 0.05) is 16.4 Å². The summed E-state index contributed by atoms with van der Waals surface area (Å²) in [4.78, 5) is 25.5. The Bertz CT molecular complexity index is 1230. The minimum Gasteiger partial charge on any atom is -0.458 e. The van der Waals surface area contributed by atoms with Crippen LogP contribution in [0.25, 0.3) is 0 Å². The Morgan fingerprint density at radius 3 is 2.62 bits per heavy atom. The zero-order chi connectivity index (χ0) is 24.7. The number of hydrogen-bond donors (Lipinski definition) is 2. The van der Waals surface area contributed by atoms with E-state index in [4.69, 9.17) is 16.3 Å². The van der Waals surface area contributed by atoms with Crippen molar-refractivity contribution in [3.05, 3.63) is 99.2 Å². The van der Waals surface area contributed by atoms with Gasteiger partial charge in [-0.25, -0.2) is 4.79 Å². The number of dihydropyridines is 1. The summed E-state index contributed by atoms with van der Waals surface area (Å²) in [6.07, 6.45) is 1.48. The van der Waals surface area contributed by atoms with E-state index in [1.807, 2.05) is 31.2 Å². The van der Waals surface area contributed by atoms with Gasteiger partial charge in [-0.15, -0.1) is 0 Å². The molecule has 174 valence electrons. The number of thioether (sulfide) groups is 1. The first-order chi connectivity index (χ1) is 16.4. The molecule has 0 bridgehead atoms. The Labute approximate surface area is 208 Å². The van der Waals surface area contributed by atoms with Gasteiger partial charge in [0.15, 0.2) is 0 Å². The number of rotatable bonds is 8. The monoisotopic (exact) mass is 493 g/mol. The number of carbonyl (C=O) groups excluding carboxylic acids is 2. The van der Waals surface area contributed by atoms with E-state index >= 15 is 0 Å². The highest BCUT2D eigenvalue weighted by molar-refractivity contribution is 8.03. The summed E-state index contributed by atoms with van der Waals surface area (Å²) >= 11 is 7.66. The van der Waals surface area contributed by atoms with E-state index in [0.29, 0.717) is 26.9 Å². The number of ether oxygens (including phenoxy) is 1. The van der Waals surface area contributed by atoms with Crippen molar-refractivity contribution >= 4 is 40.9 Å². The molecule has 0 unspecified atom stereocenters. The molecule has 0 radical (unpaired) electrons. The molecule has 2 aromatic carbocycles. The first kappa shape index (κ1) is 25.2. The highest BCUT2D eigenvalue weighted by Crippen LogP contribution is 2.43. The van der Waals surface area contributed by atoms with E-state index < -0.39 is 11.9 Å². The van der Waals surface area contributed by atoms with Crippen molar-refractivity contribution in [3.8, 4) is 6.07 Å². The number of para-hydroxylation sites is 1. The van der Waals surface area contributed by atoms with Gasteiger partial charge < -0.3 is 15.4 Å². The average molecular weight is 494 g/mol. The second-order valence-corrected chi connectivity index (χ2v) is 8.90. The standard InChI is InChI=1S/C26H24ClN3O3S/c1-4-13-33-26(32)23-17(3)29-25(19(14-28)24(23)18-10-6-7-11-20(18)27)34-15-22(31)30-21-12-8-5-9-16(21)2/h4-12,24,29H,1,13,15H2,2-3H3,(H,30,31)/t24-/m0/s1. The highest BCUT2D eigenvalue weighted by atomic mass is 35.5. The lowest BCUT2D eigenvalue weighted by molar-refractivity contribution is -0.138. The van der Waals surface area contributed by atoms with Crippen molar-refractivity contribution in [3.63, 3.8) is 0 Å². The topological polar surface area (TPSA) is 91.2 Å². The van der Waals surface area contributed by atoms with Crippen LogP contribution in [0.1, 0.15) is 24.0 Å². The summed E-state index contributed by atoms with van der Waals surface area (Å²) in [5.41, 5.74) is 3.40. The quantitative estimate of drug-likeness (QED) is 0.375. The van der Waals surface area contributed by atoms with Gasteiger partial charge >= 0.3 is 5.97 Å². The lowest BCUT2D eigenvalue weighted by Crippen LogP contribution is -2.29. The normalized spacial score (nSPS) is 15.3. The van der Waals surface area contributed by atoms with Crippen LogP contribution in [-0.2, 0) is 14.3 Å². The predicted molar refractivity (Wildman–Crippen MR) is 136 cm³/mol.